The Morgan fingerprint density at radius 2 is 1.78 bits per heavy atom. The zero-order valence-electron chi connectivity index (χ0n) is 23.0. The standard InChI is InChI=1S/C28H35N7O4S2/c36-41(37)19-33-9-7-32(8-10-33)17-20-16-22-27(34-11-14-38-15-12-34)29-26(30-28(22)40-20)21-4-3-5-24-23(21)18-35(31-24)25-6-1-2-13-39-25/h3-5,16,18,25,41H,1-2,6-15,17,19H2. The highest BCUT2D eigenvalue weighted by Gasteiger charge is 2.24. The third-order valence-corrected chi connectivity index (χ3v) is 9.80. The van der Waals surface area contributed by atoms with E-state index in [2.05, 4.69) is 28.1 Å². The summed E-state index contributed by atoms with van der Waals surface area (Å²) >= 11 is 1.72. The smallest absolute Gasteiger partial charge is 0.163 e. The lowest BCUT2D eigenvalue weighted by Crippen LogP contribution is -2.46. The Kier molecular flexibility index (Phi) is 7.89. The van der Waals surface area contributed by atoms with Crippen molar-refractivity contribution in [3.63, 3.8) is 0 Å². The Bertz CT molecular complexity index is 1590. The normalized spacial score (nSPS) is 21.4. The molecular formula is C28H35N7O4S2. The van der Waals surface area contributed by atoms with E-state index in [9.17, 15) is 8.42 Å². The molecule has 1 unspecified atom stereocenters. The van der Waals surface area contributed by atoms with E-state index in [0.717, 1.165) is 104 Å². The van der Waals surface area contributed by atoms with Crippen LogP contribution in [0.2, 0.25) is 0 Å². The first kappa shape index (κ1) is 27.2. The lowest BCUT2D eigenvalue weighted by atomic mass is 10.1. The van der Waals surface area contributed by atoms with Crippen molar-refractivity contribution in [1.82, 2.24) is 29.5 Å². The number of morpholine rings is 1. The Labute approximate surface area is 244 Å². The monoisotopic (exact) mass is 597 g/mol. The molecule has 4 aromatic rings. The molecule has 0 N–H and O–H groups in total. The van der Waals surface area contributed by atoms with Crippen LogP contribution in [0.25, 0.3) is 32.5 Å². The van der Waals surface area contributed by atoms with Gasteiger partial charge in [0, 0.05) is 74.4 Å². The number of anilines is 1. The number of thiophene rings is 1. The number of fused-ring (bicyclic) bond motifs is 2. The van der Waals surface area contributed by atoms with Crippen LogP contribution in [-0.2, 0) is 26.7 Å². The molecule has 7 rings (SSSR count). The molecule has 3 aliphatic rings. The van der Waals surface area contributed by atoms with E-state index in [-0.39, 0.29) is 12.1 Å². The van der Waals surface area contributed by atoms with Gasteiger partial charge in [0.2, 0.25) is 0 Å². The van der Waals surface area contributed by atoms with Gasteiger partial charge in [0.05, 0.1) is 30.0 Å². The maximum atomic E-state index is 11.1. The van der Waals surface area contributed by atoms with Gasteiger partial charge in [-0.25, -0.2) is 23.1 Å². The van der Waals surface area contributed by atoms with Gasteiger partial charge in [-0.15, -0.1) is 11.3 Å². The van der Waals surface area contributed by atoms with Gasteiger partial charge in [-0.05, 0) is 31.4 Å². The number of hydrogen-bond donors (Lipinski definition) is 1. The number of piperazine rings is 1. The first-order valence-electron chi connectivity index (χ1n) is 14.4. The molecule has 0 saturated carbocycles. The minimum absolute atomic E-state index is 0.0268. The molecule has 3 aromatic heterocycles. The van der Waals surface area contributed by atoms with Crippen molar-refractivity contribution in [2.75, 3.05) is 69.9 Å². The second-order valence-electron chi connectivity index (χ2n) is 10.9. The van der Waals surface area contributed by atoms with E-state index < -0.39 is 10.7 Å². The highest BCUT2D eigenvalue weighted by molar-refractivity contribution is 7.72. The van der Waals surface area contributed by atoms with Crippen LogP contribution in [0.5, 0.6) is 0 Å². The maximum Gasteiger partial charge on any atom is 0.163 e. The van der Waals surface area contributed by atoms with Crippen LogP contribution in [0.1, 0.15) is 30.4 Å². The van der Waals surface area contributed by atoms with Crippen molar-refractivity contribution < 1.29 is 17.9 Å². The summed E-state index contributed by atoms with van der Waals surface area (Å²) in [6.07, 6.45) is 5.28. The predicted molar refractivity (Wildman–Crippen MR) is 160 cm³/mol. The summed E-state index contributed by atoms with van der Waals surface area (Å²) in [5.74, 6) is 1.81. The average molecular weight is 598 g/mol. The molecule has 1 atom stereocenters. The number of rotatable bonds is 7. The fourth-order valence-corrected chi connectivity index (χ4v) is 7.65. The Hall–Kier alpha value is -2.68. The lowest BCUT2D eigenvalue weighted by Gasteiger charge is -2.33. The summed E-state index contributed by atoms with van der Waals surface area (Å²) in [5.41, 5.74) is 1.89. The van der Waals surface area contributed by atoms with Crippen LogP contribution in [0, 0.1) is 0 Å². The fourth-order valence-electron chi connectivity index (χ4n) is 5.98. The number of thiol groups is 1. The van der Waals surface area contributed by atoms with Crippen molar-refractivity contribution in [3.05, 3.63) is 35.3 Å². The van der Waals surface area contributed by atoms with Crippen molar-refractivity contribution in [1.29, 1.82) is 0 Å². The summed E-state index contributed by atoms with van der Waals surface area (Å²) in [4.78, 5) is 19.2. The second-order valence-corrected chi connectivity index (χ2v) is 13.0. The summed E-state index contributed by atoms with van der Waals surface area (Å²) in [6.45, 7) is 7.77. The molecule has 13 heteroatoms. The second kappa shape index (κ2) is 11.9. The Balaban J connectivity index is 1.22. The summed E-state index contributed by atoms with van der Waals surface area (Å²) < 4.78 is 35.9. The van der Waals surface area contributed by atoms with Gasteiger partial charge in [-0.1, -0.05) is 12.1 Å². The molecule has 11 nitrogen and oxygen atoms in total. The zero-order chi connectivity index (χ0) is 27.8. The number of aromatic nitrogens is 4. The summed E-state index contributed by atoms with van der Waals surface area (Å²) in [7, 11) is -2.38. The molecule has 0 amide bonds. The van der Waals surface area contributed by atoms with Crippen LogP contribution < -0.4 is 4.90 Å². The Morgan fingerprint density at radius 3 is 2.56 bits per heavy atom. The van der Waals surface area contributed by atoms with Crippen LogP contribution >= 0.6 is 11.3 Å². The summed E-state index contributed by atoms with van der Waals surface area (Å²) in [5, 5.41) is 6.97. The lowest BCUT2D eigenvalue weighted by molar-refractivity contribution is -0.0390. The average Bonchev–Trinajstić information content (AvgIpc) is 3.62. The SMILES string of the molecule is O=[SH](=O)CN1CCN(Cc2cc3c(N4CCOCC4)nc(-c4cccc5nn(C6CCCCO6)cc45)nc3s2)CC1. The van der Waals surface area contributed by atoms with Crippen LogP contribution in [0.4, 0.5) is 5.82 Å². The molecule has 0 bridgehead atoms. The van der Waals surface area contributed by atoms with Crippen LogP contribution in [-0.4, -0.2) is 103 Å². The van der Waals surface area contributed by atoms with Crippen molar-refractivity contribution in [3.8, 4) is 11.4 Å². The quantitative estimate of drug-likeness (QED) is 0.320. The minimum atomic E-state index is -2.38. The number of benzene rings is 1. The van der Waals surface area contributed by atoms with Gasteiger partial charge in [0.15, 0.2) is 16.5 Å². The largest absolute Gasteiger partial charge is 0.378 e. The molecule has 41 heavy (non-hydrogen) atoms. The van der Waals surface area contributed by atoms with Gasteiger partial charge < -0.3 is 14.4 Å². The third kappa shape index (κ3) is 5.84. The molecule has 0 spiro atoms. The highest BCUT2D eigenvalue weighted by atomic mass is 32.2. The first-order valence-corrected chi connectivity index (χ1v) is 16.6. The highest BCUT2D eigenvalue weighted by Crippen LogP contribution is 2.36. The Morgan fingerprint density at radius 1 is 0.951 bits per heavy atom. The maximum absolute atomic E-state index is 11.1. The topological polar surface area (TPSA) is 106 Å². The molecule has 3 saturated heterocycles. The van der Waals surface area contributed by atoms with Crippen molar-refractivity contribution >= 4 is 49.0 Å². The van der Waals surface area contributed by atoms with Gasteiger partial charge in [-0.2, -0.15) is 5.10 Å². The molecule has 3 fully saturated rings. The van der Waals surface area contributed by atoms with Crippen LogP contribution in [0.3, 0.4) is 0 Å². The van der Waals surface area contributed by atoms with E-state index in [1.54, 1.807) is 11.3 Å². The molecule has 6 heterocycles. The molecular weight excluding hydrogens is 562 g/mol. The molecule has 3 aliphatic heterocycles. The number of ether oxygens (including phenoxy) is 2. The number of hydrogen-bond acceptors (Lipinski definition) is 11. The molecule has 218 valence electrons. The van der Waals surface area contributed by atoms with Crippen molar-refractivity contribution in [2.45, 2.75) is 32.0 Å². The predicted octanol–water partition coefficient (Wildman–Crippen LogP) is 2.93. The van der Waals surface area contributed by atoms with Gasteiger partial charge in [-0.3, -0.25) is 9.80 Å². The van der Waals surface area contributed by atoms with E-state index in [0.29, 0.717) is 19.0 Å². The van der Waals surface area contributed by atoms with Crippen molar-refractivity contribution in [2.24, 2.45) is 0 Å². The van der Waals surface area contributed by atoms with Gasteiger partial charge in [0.25, 0.3) is 0 Å². The summed E-state index contributed by atoms with van der Waals surface area (Å²) in [6, 6.07) is 8.40. The van der Waals surface area contributed by atoms with Gasteiger partial charge >= 0.3 is 0 Å². The fraction of sp³-hybridized carbons (Fsp3) is 0.536. The first-order chi connectivity index (χ1) is 20.1. The molecule has 0 aliphatic carbocycles. The minimum Gasteiger partial charge on any atom is -0.378 e. The third-order valence-electron chi connectivity index (χ3n) is 8.15. The van der Waals surface area contributed by atoms with E-state index in [1.165, 1.54) is 4.88 Å². The number of nitrogens with zero attached hydrogens (tertiary/aromatic N) is 7. The van der Waals surface area contributed by atoms with Gasteiger partial charge in [0.1, 0.15) is 16.9 Å². The zero-order valence-corrected chi connectivity index (χ0v) is 24.7. The molecule has 0 radical (unpaired) electrons. The van der Waals surface area contributed by atoms with Crippen LogP contribution in [0.15, 0.2) is 30.5 Å². The van der Waals surface area contributed by atoms with E-state index in [4.69, 9.17) is 24.5 Å². The van der Waals surface area contributed by atoms with E-state index in [1.807, 2.05) is 21.7 Å². The molecule has 1 aromatic carbocycles. The van der Waals surface area contributed by atoms with E-state index >= 15 is 0 Å².